The molecular formula is C28H25FN4OS. The van der Waals surface area contributed by atoms with Crippen LogP contribution in [-0.2, 0) is 4.79 Å². The average Bonchev–Trinajstić information content (AvgIpc) is 3.55. The van der Waals surface area contributed by atoms with Crippen LogP contribution in [0, 0.1) is 11.7 Å². The molecule has 2 aromatic heterocycles. The van der Waals surface area contributed by atoms with Crippen molar-refractivity contribution in [1.82, 2.24) is 14.8 Å². The van der Waals surface area contributed by atoms with E-state index in [-0.39, 0.29) is 23.6 Å². The molecule has 176 valence electrons. The van der Waals surface area contributed by atoms with Crippen LogP contribution < -0.4 is 5.32 Å². The number of carbonyl (C=O) groups excluding carboxylic acids is 1. The molecule has 0 saturated heterocycles. The number of amides is 1. The molecule has 0 aliphatic carbocycles. The lowest BCUT2D eigenvalue weighted by molar-refractivity contribution is -0.120. The van der Waals surface area contributed by atoms with Gasteiger partial charge in [0.15, 0.2) is 5.13 Å². The van der Waals surface area contributed by atoms with E-state index in [2.05, 4.69) is 46.6 Å². The number of halogens is 1. The number of anilines is 1. The van der Waals surface area contributed by atoms with Crippen molar-refractivity contribution in [2.24, 2.45) is 5.92 Å². The molecular weight excluding hydrogens is 459 g/mol. The lowest BCUT2D eigenvalue weighted by Gasteiger charge is -2.27. The molecule has 3 aromatic carbocycles. The van der Waals surface area contributed by atoms with Crippen LogP contribution in [0.4, 0.5) is 9.52 Å². The second-order valence-electron chi connectivity index (χ2n) is 8.46. The molecule has 2 unspecified atom stereocenters. The van der Waals surface area contributed by atoms with Gasteiger partial charge in [-0.15, -0.1) is 11.3 Å². The molecule has 2 heterocycles. The Morgan fingerprint density at radius 3 is 2.57 bits per heavy atom. The maximum Gasteiger partial charge on any atom is 0.230 e. The molecule has 35 heavy (non-hydrogen) atoms. The van der Waals surface area contributed by atoms with E-state index in [1.165, 1.54) is 23.5 Å². The first kappa shape index (κ1) is 22.9. The molecule has 0 aliphatic heterocycles. The van der Waals surface area contributed by atoms with Gasteiger partial charge in [0, 0.05) is 28.8 Å². The predicted octanol–water partition coefficient (Wildman–Crippen LogP) is 6.81. The second kappa shape index (κ2) is 10.2. The SMILES string of the molecule is CCCC(C(=O)Nc1nccs1)C(c1ccccc1)c1ccc2c(cnn2-c2ccc(F)cc2)c1. The first-order chi connectivity index (χ1) is 17.1. The molecule has 5 aromatic rings. The smallest absolute Gasteiger partial charge is 0.230 e. The molecule has 5 rings (SSSR count). The van der Waals surface area contributed by atoms with E-state index in [0.717, 1.165) is 40.6 Å². The summed E-state index contributed by atoms with van der Waals surface area (Å²) in [7, 11) is 0. The Bertz CT molecular complexity index is 1410. The first-order valence-electron chi connectivity index (χ1n) is 11.6. The third kappa shape index (κ3) is 4.86. The van der Waals surface area contributed by atoms with Crippen molar-refractivity contribution in [3.8, 4) is 5.69 Å². The van der Waals surface area contributed by atoms with Gasteiger partial charge in [0.05, 0.1) is 17.4 Å². The zero-order valence-corrected chi connectivity index (χ0v) is 20.1. The molecule has 0 aliphatic rings. The summed E-state index contributed by atoms with van der Waals surface area (Å²) in [5.74, 6) is -0.709. The van der Waals surface area contributed by atoms with Gasteiger partial charge < -0.3 is 5.32 Å². The molecule has 1 amide bonds. The van der Waals surface area contributed by atoms with E-state index in [1.807, 2.05) is 35.8 Å². The maximum atomic E-state index is 13.5. The van der Waals surface area contributed by atoms with Crippen LogP contribution in [0.5, 0.6) is 0 Å². The largest absolute Gasteiger partial charge is 0.302 e. The molecule has 0 spiro atoms. The van der Waals surface area contributed by atoms with Crippen LogP contribution in [-0.4, -0.2) is 20.7 Å². The van der Waals surface area contributed by atoms with Gasteiger partial charge in [-0.3, -0.25) is 4.79 Å². The van der Waals surface area contributed by atoms with Crippen molar-refractivity contribution >= 4 is 33.3 Å². The van der Waals surface area contributed by atoms with Crippen LogP contribution in [0.15, 0.2) is 90.6 Å². The molecule has 0 fully saturated rings. The minimum Gasteiger partial charge on any atom is -0.302 e. The van der Waals surface area contributed by atoms with Crippen LogP contribution in [0.3, 0.4) is 0 Å². The zero-order valence-electron chi connectivity index (χ0n) is 19.3. The minimum atomic E-state index is -0.281. The number of nitrogens with zero attached hydrogens (tertiary/aromatic N) is 3. The number of hydrogen-bond acceptors (Lipinski definition) is 4. The number of thiazole rings is 1. The molecule has 7 heteroatoms. The lowest BCUT2D eigenvalue weighted by atomic mass is 9.78. The van der Waals surface area contributed by atoms with Crippen LogP contribution in [0.25, 0.3) is 16.6 Å². The molecule has 1 N–H and O–H groups in total. The number of carbonyl (C=O) groups is 1. The van der Waals surface area contributed by atoms with E-state index in [1.54, 1.807) is 23.0 Å². The van der Waals surface area contributed by atoms with Gasteiger partial charge in [-0.1, -0.05) is 49.7 Å². The molecule has 0 radical (unpaired) electrons. The van der Waals surface area contributed by atoms with Crippen molar-refractivity contribution < 1.29 is 9.18 Å². The summed E-state index contributed by atoms with van der Waals surface area (Å²) >= 11 is 1.42. The standard InChI is InChI=1S/C28H25FN4OS/c1-2-6-24(27(34)32-28-30-15-16-35-28)26(19-7-4-3-5-8-19)20-9-14-25-21(17-20)18-31-33(25)23-12-10-22(29)11-13-23/h3-5,7-18,24,26H,2,6H2,1H3,(H,30,32,34). The van der Waals surface area contributed by atoms with Gasteiger partial charge in [0.2, 0.25) is 5.91 Å². The summed E-state index contributed by atoms with van der Waals surface area (Å²) in [6.45, 7) is 2.10. The summed E-state index contributed by atoms with van der Waals surface area (Å²) in [5, 5.41) is 11.0. The zero-order chi connectivity index (χ0) is 24.2. The highest BCUT2D eigenvalue weighted by molar-refractivity contribution is 7.13. The van der Waals surface area contributed by atoms with E-state index >= 15 is 0 Å². The lowest BCUT2D eigenvalue weighted by Crippen LogP contribution is -2.29. The number of fused-ring (bicyclic) bond motifs is 1. The molecule has 2 atom stereocenters. The van der Waals surface area contributed by atoms with Gasteiger partial charge in [-0.05, 0) is 53.9 Å². The van der Waals surface area contributed by atoms with Gasteiger partial charge >= 0.3 is 0 Å². The van der Waals surface area contributed by atoms with Crippen LogP contribution >= 0.6 is 11.3 Å². The number of nitrogens with one attached hydrogen (secondary N) is 1. The molecule has 0 saturated carbocycles. The summed E-state index contributed by atoms with van der Waals surface area (Å²) in [5.41, 5.74) is 3.85. The summed E-state index contributed by atoms with van der Waals surface area (Å²) in [4.78, 5) is 17.7. The Kier molecular flexibility index (Phi) is 6.68. The third-order valence-corrected chi connectivity index (χ3v) is 6.87. The average molecular weight is 485 g/mol. The van der Waals surface area contributed by atoms with E-state index in [0.29, 0.717) is 5.13 Å². The number of aromatic nitrogens is 3. The Morgan fingerprint density at radius 2 is 1.86 bits per heavy atom. The summed E-state index contributed by atoms with van der Waals surface area (Å²) in [6, 6.07) is 22.7. The second-order valence-corrected chi connectivity index (χ2v) is 9.36. The van der Waals surface area contributed by atoms with E-state index in [9.17, 15) is 9.18 Å². The van der Waals surface area contributed by atoms with Crippen molar-refractivity contribution in [2.45, 2.75) is 25.7 Å². The summed E-state index contributed by atoms with van der Waals surface area (Å²) < 4.78 is 15.2. The Hall–Kier alpha value is -3.84. The van der Waals surface area contributed by atoms with E-state index in [4.69, 9.17) is 0 Å². The Balaban J connectivity index is 1.56. The number of rotatable bonds is 8. The van der Waals surface area contributed by atoms with Crippen molar-refractivity contribution in [3.63, 3.8) is 0 Å². The van der Waals surface area contributed by atoms with Crippen LogP contribution in [0.2, 0.25) is 0 Å². The van der Waals surface area contributed by atoms with Crippen molar-refractivity contribution in [1.29, 1.82) is 0 Å². The highest BCUT2D eigenvalue weighted by atomic mass is 32.1. The van der Waals surface area contributed by atoms with Crippen molar-refractivity contribution in [3.05, 3.63) is 108 Å². The topological polar surface area (TPSA) is 59.8 Å². The van der Waals surface area contributed by atoms with Gasteiger partial charge in [0.1, 0.15) is 5.82 Å². The maximum absolute atomic E-state index is 13.5. The van der Waals surface area contributed by atoms with Gasteiger partial charge in [-0.25, -0.2) is 14.1 Å². The monoisotopic (exact) mass is 484 g/mol. The van der Waals surface area contributed by atoms with Crippen LogP contribution in [0.1, 0.15) is 36.8 Å². The molecule has 5 nitrogen and oxygen atoms in total. The highest BCUT2D eigenvalue weighted by Crippen LogP contribution is 2.37. The minimum absolute atomic E-state index is 0.0299. The molecule has 0 bridgehead atoms. The normalized spacial score (nSPS) is 13.0. The number of benzene rings is 3. The first-order valence-corrected chi connectivity index (χ1v) is 12.5. The van der Waals surface area contributed by atoms with E-state index < -0.39 is 0 Å². The van der Waals surface area contributed by atoms with Crippen molar-refractivity contribution in [2.75, 3.05) is 5.32 Å². The Labute approximate surface area is 207 Å². The summed E-state index contributed by atoms with van der Waals surface area (Å²) in [6.07, 6.45) is 5.12. The van der Waals surface area contributed by atoms with Gasteiger partial charge in [-0.2, -0.15) is 5.10 Å². The Morgan fingerprint density at radius 1 is 1.06 bits per heavy atom. The fourth-order valence-electron chi connectivity index (χ4n) is 4.59. The third-order valence-electron chi connectivity index (χ3n) is 6.18. The highest BCUT2D eigenvalue weighted by Gasteiger charge is 2.31. The quantitative estimate of drug-likeness (QED) is 0.263. The van der Waals surface area contributed by atoms with Gasteiger partial charge in [0.25, 0.3) is 0 Å². The fourth-order valence-corrected chi connectivity index (χ4v) is 5.13. The number of hydrogen-bond donors (Lipinski definition) is 1. The predicted molar refractivity (Wildman–Crippen MR) is 138 cm³/mol. The fraction of sp³-hybridized carbons (Fsp3) is 0.179.